The van der Waals surface area contributed by atoms with Crippen LogP contribution in [0.3, 0.4) is 0 Å². The van der Waals surface area contributed by atoms with Crippen molar-refractivity contribution < 1.29 is 0 Å². The fourth-order valence-corrected chi connectivity index (χ4v) is 1.90. The number of nitrogens with zero attached hydrogens (tertiary/aromatic N) is 1. The Morgan fingerprint density at radius 2 is 1.87 bits per heavy atom. The summed E-state index contributed by atoms with van der Waals surface area (Å²) in [7, 11) is 0. The van der Waals surface area contributed by atoms with E-state index in [1.807, 2.05) is 0 Å². The van der Waals surface area contributed by atoms with Gasteiger partial charge in [0.25, 0.3) is 0 Å². The fourth-order valence-electron chi connectivity index (χ4n) is 1.90. The van der Waals surface area contributed by atoms with Crippen molar-refractivity contribution in [3.63, 3.8) is 0 Å². The number of aryl methyl sites for hydroxylation is 1. The molecular weight excluding hydrogens is 184 g/mol. The molecule has 0 saturated heterocycles. The summed E-state index contributed by atoms with van der Waals surface area (Å²) in [5, 5.41) is 3.53. The minimum absolute atomic E-state index is 0.189. The quantitative estimate of drug-likeness (QED) is 0.808. The van der Waals surface area contributed by atoms with E-state index in [1.54, 1.807) is 0 Å². The highest BCUT2D eigenvalue weighted by Gasteiger charge is 2.12. The van der Waals surface area contributed by atoms with Gasteiger partial charge in [0.1, 0.15) is 0 Å². The molecule has 1 N–H and O–H groups in total. The zero-order chi connectivity index (χ0) is 11.6. The Morgan fingerprint density at radius 3 is 2.27 bits per heavy atom. The van der Waals surface area contributed by atoms with E-state index in [4.69, 9.17) is 0 Å². The average Bonchev–Trinajstić information content (AvgIpc) is 2.37. The van der Waals surface area contributed by atoms with Crippen LogP contribution in [0.1, 0.15) is 44.6 Å². The maximum absolute atomic E-state index is 3.53. The molecule has 2 nitrogen and oxygen atoms in total. The summed E-state index contributed by atoms with van der Waals surface area (Å²) < 4.78 is 2.36. The predicted molar refractivity (Wildman–Crippen MR) is 66.2 cm³/mol. The number of hydrogen-bond acceptors (Lipinski definition) is 1. The van der Waals surface area contributed by atoms with Crippen molar-refractivity contribution in [2.75, 3.05) is 0 Å². The molecule has 0 spiro atoms. The Balaban J connectivity index is 2.79. The number of rotatable bonds is 3. The molecule has 1 aromatic rings. The molecule has 0 atom stereocenters. The maximum atomic E-state index is 3.53. The molecule has 0 fully saturated rings. The minimum Gasteiger partial charge on any atom is -0.349 e. The van der Waals surface area contributed by atoms with Gasteiger partial charge in [-0.15, -0.1) is 0 Å². The third-order valence-electron chi connectivity index (χ3n) is 2.80. The highest BCUT2D eigenvalue weighted by atomic mass is 15.0. The molecule has 0 aliphatic heterocycles. The topological polar surface area (TPSA) is 17.0 Å². The summed E-state index contributed by atoms with van der Waals surface area (Å²) >= 11 is 0. The first-order chi connectivity index (χ1) is 6.85. The molecule has 0 saturated carbocycles. The van der Waals surface area contributed by atoms with Crippen molar-refractivity contribution >= 4 is 0 Å². The number of nitrogens with one attached hydrogen (secondary N) is 1. The average molecular weight is 208 g/mol. The lowest BCUT2D eigenvalue weighted by molar-refractivity contribution is 0.423. The van der Waals surface area contributed by atoms with E-state index < -0.39 is 0 Å². The smallest absolute Gasteiger partial charge is 0.0228 e. The van der Waals surface area contributed by atoms with Gasteiger partial charge < -0.3 is 9.88 Å². The van der Waals surface area contributed by atoms with Crippen molar-refractivity contribution in [1.29, 1.82) is 0 Å². The van der Waals surface area contributed by atoms with Crippen molar-refractivity contribution in [2.45, 2.75) is 60.2 Å². The zero-order valence-electron chi connectivity index (χ0n) is 10.9. The van der Waals surface area contributed by atoms with Crippen molar-refractivity contribution in [3.05, 3.63) is 23.0 Å². The van der Waals surface area contributed by atoms with E-state index in [1.165, 1.54) is 17.0 Å². The SMILES string of the molecule is CCn1c(C)cc(CNC(C)(C)C)c1C. The van der Waals surface area contributed by atoms with E-state index in [0.29, 0.717) is 0 Å². The molecule has 1 heterocycles. The summed E-state index contributed by atoms with van der Waals surface area (Å²) in [6.45, 7) is 15.2. The van der Waals surface area contributed by atoms with Crippen LogP contribution in [-0.2, 0) is 13.1 Å². The van der Waals surface area contributed by atoms with Crippen molar-refractivity contribution in [1.82, 2.24) is 9.88 Å². The molecule has 2 heteroatoms. The van der Waals surface area contributed by atoms with Crippen LogP contribution in [0.25, 0.3) is 0 Å². The normalized spacial score (nSPS) is 12.1. The van der Waals surface area contributed by atoms with Gasteiger partial charge in [-0.05, 0) is 53.2 Å². The second kappa shape index (κ2) is 4.40. The monoisotopic (exact) mass is 208 g/mol. The number of hydrogen-bond donors (Lipinski definition) is 1. The highest BCUT2D eigenvalue weighted by molar-refractivity contribution is 5.26. The third kappa shape index (κ3) is 3.10. The summed E-state index contributed by atoms with van der Waals surface area (Å²) in [4.78, 5) is 0. The van der Waals surface area contributed by atoms with Gasteiger partial charge >= 0.3 is 0 Å². The third-order valence-corrected chi connectivity index (χ3v) is 2.80. The first-order valence-corrected chi connectivity index (χ1v) is 5.76. The van der Waals surface area contributed by atoms with Gasteiger partial charge in [-0.2, -0.15) is 0 Å². The second-order valence-corrected chi connectivity index (χ2v) is 5.24. The first kappa shape index (κ1) is 12.3. The van der Waals surface area contributed by atoms with Gasteiger partial charge in [0.15, 0.2) is 0 Å². The molecule has 0 amide bonds. The fraction of sp³-hybridized carbons (Fsp3) is 0.692. The van der Waals surface area contributed by atoms with Gasteiger partial charge in [0.05, 0.1) is 0 Å². The van der Waals surface area contributed by atoms with Crippen LogP contribution < -0.4 is 5.32 Å². The predicted octanol–water partition coefficient (Wildman–Crippen LogP) is 3.01. The molecular formula is C13H24N2. The lowest BCUT2D eigenvalue weighted by Crippen LogP contribution is -2.35. The van der Waals surface area contributed by atoms with Crippen LogP contribution >= 0.6 is 0 Å². The standard InChI is InChI=1S/C13H24N2/c1-7-15-10(2)8-12(11(15)3)9-14-13(4,5)6/h8,14H,7,9H2,1-6H3. The molecule has 0 bridgehead atoms. The van der Waals surface area contributed by atoms with E-state index in [2.05, 4.69) is 57.5 Å². The first-order valence-electron chi connectivity index (χ1n) is 5.76. The van der Waals surface area contributed by atoms with E-state index in [-0.39, 0.29) is 5.54 Å². The summed E-state index contributed by atoms with van der Waals surface area (Å²) in [6.07, 6.45) is 0. The van der Waals surface area contributed by atoms with Crippen molar-refractivity contribution in [3.8, 4) is 0 Å². The molecule has 1 aromatic heterocycles. The lowest BCUT2D eigenvalue weighted by atomic mass is 10.1. The summed E-state index contributed by atoms with van der Waals surface area (Å²) in [5.41, 5.74) is 4.37. The lowest BCUT2D eigenvalue weighted by Gasteiger charge is -2.20. The number of aromatic nitrogens is 1. The second-order valence-electron chi connectivity index (χ2n) is 5.24. The highest BCUT2D eigenvalue weighted by Crippen LogP contribution is 2.15. The molecule has 0 aromatic carbocycles. The van der Waals surface area contributed by atoms with E-state index in [9.17, 15) is 0 Å². The molecule has 0 aliphatic carbocycles. The Hall–Kier alpha value is -0.760. The Kier molecular flexibility index (Phi) is 3.61. The van der Waals surface area contributed by atoms with Gasteiger partial charge in [-0.25, -0.2) is 0 Å². The van der Waals surface area contributed by atoms with Crippen LogP contribution in [0.2, 0.25) is 0 Å². The molecule has 0 aliphatic rings. The van der Waals surface area contributed by atoms with Gasteiger partial charge in [0, 0.05) is 30.0 Å². The molecule has 1 rings (SSSR count). The van der Waals surface area contributed by atoms with Crippen LogP contribution in [0.15, 0.2) is 6.07 Å². The Bertz CT molecular complexity index is 329. The van der Waals surface area contributed by atoms with Gasteiger partial charge in [-0.3, -0.25) is 0 Å². The largest absolute Gasteiger partial charge is 0.349 e. The molecule has 0 unspecified atom stereocenters. The van der Waals surface area contributed by atoms with Crippen LogP contribution in [0, 0.1) is 13.8 Å². The summed E-state index contributed by atoms with van der Waals surface area (Å²) in [5.74, 6) is 0. The molecule has 15 heavy (non-hydrogen) atoms. The van der Waals surface area contributed by atoms with Gasteiger partial charge in [0.2, 0.25) is 0 Å². The van der Waals surface area contributed by atoms with Crippen LogP contribution in [0.4, 0.5) is 0 Å². The Labute approximate surface area is 93.7 Å². The zero-order valence-corrected chi connectivity index (χ0v) is 10.9. The van der Waals surface area contributed by atoms with Gasteiger partial charge in [-0.1, -0.05) is 0 Å². The van der Waals surface area contributed by atoms with Crippen LogP contribution in [0.5, 0.6) is 0 Å². The van der Waals surface area contributed by atoms with E-state index in [0.717, 1.165) is 13.1 Å². The molecule has 0 radical (unpaired) electrons. The van der Waals surface area contributed by atoms with E-state index >= 15 is 0 Å². The molecule has 86 valence electrons. The minimum atomic E-state index is 0.189. The maximum Gasteiger partial charge on any atom is 0.0228 e. The van der Waals surface area contributed by atoms with Crippen molar-refractivity contribution in [2.24, 2.45) is 0 Å². The summed E-state index contributed by atoms with van der Waals surface area (Å²) in [6, 6.07) is 2.29. The van der Waals surface area contributed by atoms with Crippen LogP contribution in [-0.4, -0.2) is 10.1 Å². The Morgan fingerprint density at radius 1 is 1.27 bits per heavy atom.